The van der Waals surface area contributed by atoms with Gasteiger partial charge in [0.05, 0.1) is 31.9 Å². The molecule has 0 saturated carbocycles. The lowest BCUT2D eigenvalue weighted by atomic mass is 9.82. The fourth-order valence-electron chi connectivity index (χ4n) is 3.57. The summed E-state index contributed by atoms with van der Waals surface area (Å²) in [4.78, 5) is 27.0. The lowest BCUT2D eigenvalue weighted by molar-refractivity contribution is -0.129. The molecule has 0 aliphatic carbocycles. The molecule has 1 aliphatic rings. The van der Waals surface area contributed by atoms with E-state index in [1.54, 1.807) is 24.3 Å². The number of nitrogens with zero attached hydrogens (tertiary/aromatic N) is 1. The van der Waals surface area contributed by atoms with Crippen molar-refractivity contribution in [3.05, 3.63) is 54.0 Å². The summed E-state index contributed by atoms with van der Waals surface area (Å²) in [5.74, 6) is 0.987. The SMILES string of the molecule is COc1cccc([C@@H](NC(=O)[C@@H]2CC(=O)N(Cc3ccco3)C2)C(C)(C)C)c1. The van der Waals surface area contributed by atoms with Gasteiger partial charge < -0.3 is 19.4 Å². The second kappa shape index (κ2) is 8.09. The maximum atomic E-state index is 13.0. The van der Waals surface area contributed by atoms with Gasteiger partial charge in [-0.05, 0) is 35.2 Å². The normalized spacial score (nSPS) is 18.2. The first-order valence-corrected chi connectivity index (χ1v) is 9.52. The van der Waals surface area contributed by atoms with Crippen molar-refractivity contribution in [1.29, 1.82) is 0 Å². The zero-order valence-electron chi connectivity index (χ0n) is 16.9. The van der Waals surface area contributed by atoms with Crippen LogP contribution in [0.2, 0.25) is 0 Å². The molecule has 2 atom stereocenters. The molecule has 1 aromatic heterocycles. The zero-order valence-corrected chi connectivity index (χ0v) is 16.9. The molecule has 3 rings (SSSR count). The van der Waals surface area contributed by atoms with Crippen LogP contribution in [0.3, 0.4) is 0 Å². The number of furan rings is 1. The molecule has 1 saturated heterocycles. The van der Waals surface area contributed by atoms with Crippen LogP contribution in [0.1, 0.15) is 44.6 Å². The van der Waals surface area contributed by atoms with Gasteiger partial charge in [0, 0.05) is 13.0 Å². The van der Waals surface area contributed by atoms with Crippen LogP contribution in [0.4, 0.5) is 0 Å². The highest BCUT2D eigenvalue weighted by molar-refractivity contribution is 5.89. The highest BCUT2D eigenvalue weighted by atomic mass is 16.5. The van der Waals surface area contributed by atoms with Crippen LogP contribution in [0.25, 0.3) is 0 Å². The van der Waals surface area contributed by atoms with Gasteiger partial charge in [0.25, 0.3) is 0 Å². The first-order valence-electron chi connectivity index (χ1n) is 9.52. The number of nitrogens with one attached hydrogen (secondary N) is 1. The quantitative estimate of drug-likeness (QED) is 0.827. The van der Waals surface area contributed by atoms with E-state index in [1.807, 2.05) is 30.3 Å². The zero-order chi connectivity index (χ0) is 20.3. The summed E-state index contributed by atoms with van der Waals surface area (Å²) in [6.45, 7) is 7.05. The van der Waals surface area contributed by atoms with Crippen molar-refractivity contribution in [2.24, 2.45) is 11.3 Å². The summed E-state index contributed by atoms with van der Waals surface area (Å²) in [6, 6.07) is 11.2. The Hall–Kier alpha value is -2.76. The van der Waals surface area contributed by atoms with Crippen LogP contribution >= 0.6 is 0 Å². The molecule has 1 aromatic carbocycles. The Morgan fingerprint density at radius 1 is 1.32 bits per heavy atom. The number of carbonyl (C=O) groups excluding carboxylic acids is 2. The van der Waals surface area contributed by atoms with Crippen molar-refractivity contribution < 1.29 is 18.7 Å². The number of amides is 2. The lowest BCUT2D eigenvalue weighted by Crippen LogP contribution is -2.40. The monoisotopic (exact) mass is 384 g/mol. The summed E-state index contributed by atoms with van der Waals surface area (Å²) in [5.41, 5.74) is 0.787. The Morgan fingerprint density at radius 2 is 2.11 bits per heavy atom. The first kappa shape index (κ1) is 20.0. The van der Waals surface area contributed by atoms with Crippen molar-refractivity contribution >= 4 is 11.8 Å². The van der Waals surface area contributed by atoms with Crippen molar-refractivity contribution in [3.8, 4) is 5.75 Å². The van der Waals surface area contributed by atoms with Gasteiger partial charge in [0.2, 0.25) is 11.8 Å². The maximum Gasteiger partial charge on any atom is 0.225 e. The number of likely N-dealkylation sites (tertiary alicyclic amines) is 1. The van der Waals surface area contributed by atoms with Crippen LogP contribution in [-0.4, -0.2) is 30.4 Å². The standard InChI is InChI=1S/C22H28N2O4/c1-22(2,3)20(15-7-5-8-17(11-15)27-4)23-21(26)16-12-19(25)24(13-16)14-18-9-6-10-28-18/h5-11,16,20H,12-14H2,1-4H3,(H,23,26)/t16-,20-/m1/s1. The van der Waals surface area contributed by atoms with E-state index >= 15 is 0 Å². The minimum atomic E-state index is -0.363. The summed E-state index contributed by atoms with van der Waals surface area (Å²) in [7, 11) is 1.63. The van der Waals surface area contributed by atoms with Gasteiger partial charge in [-0.25, -0.2) is 0 Å². The summed E-state index contributed by atoms with van der Waals surface area (Å²) in [6.07, 6.45) is 1.81. The van der Waals surface area contributed by atoms with Crippen molar-refractivity contribution in [2.45, 2.75) is 39.8 Å². The number of benzene rings is 1. The molecule has 0 unspecified atom stereocenters. The minimum absolute atomic E-state index is 0.0229. The maximum absolute atomic E-state index is 13.0. The highest BCUT2D eigenvalue weighted by Gasteiger charge is 2.37. The van der Waals surface area contributed by atoms with Gasteiger partial charge >= 0.3 is 0 Å². The molecular formula is C22H28N2O4. The van der Waals surface area contributed by atoms with Crippen LogP contribution in [0.5, 0.6) is 5.75 Å². The molecule has 2 aromatic rings. The Labute approximate surface area is 165 Å². The van der Waals surface area contributed by atoms with E-state index < -0.39 is 0 Å². The predicted octanol–water partition coefficient (Wildman–Crippen LogP) is 3.54. The minimum Gasteiger partial charge on any atom is -0.497 e. The predicted molar refractivity (Wildman–Crippen MR) is 106 cm³/mol. The Kier molecular flexibility index (Phi) is 5.77. The molecule has 0 radical (unpaired) electrons. The number of hydrogen-bond acceptors (Lipinski definition) is 4. The van der Waals surface area contributed by atoms with Crippen molar-refractivity contribution in [2.75, 3.05) is 13.7 Å². The van der Waals surface area contributed by atoms with E-state index in [2.05, 4.69) is 26.1 Å². The molecule has 6 nitrogen and oxygen atoms in total. The van der Waals surface area contributed by atoms with Gasteiger partial charge in [-0.3, -0.25) is 9.59 Å². The molecular weight excluding hydrogens is 356 g/mol. The summed E-state index contributed by atoms with van der Waals surface area (Å²) < 4.78 is 10.6. The van der Waals surface area contributed by atoms with E-state index in [0.29, 0.717) is 13.1 Å². The average Bonchev–Trinajstić information content (AvgIpc) is 3.29. The van der Waals surface area contributed by atoms with E-state index in [-0.39, 0.29) is 35.6 Å². The van der Waals surface area contributed by atoms with Crippen LogP contribution in [-0.2, 0) is 16.1 Å². The van der Waals surface area contributed by atoms with Gasteiger partial charge in [0.1, 0.15) is 11.5 Å². The lowest BCUT2D eigenvalue weighted by Gasteiger charge is -2.33. The molecule has 28 heavy (non-hydrogen) atoms. The fraction of sp³-hybridized carbons (Fsp3) is 0.455. The molecule has 1 fully saturated rings. The number of rotatable bonds is 6. The molecule has 6 heteroatoms. The molecule has 150 valence electrons. The van der Waals surface area contributed by atoms with Gasteiger partial charge in [-0.2, -0.15) is 0 Å². The Balaban J connectivity index is 1.71. The topological polar surface area (TPSA) is 71.8 Å². The first-order chi connectivity index (χ1) is 13.3. The van der Waals surface area contributed by atoms with Crippen molar-refractivity contribution in [3.63, 3.8) is 0 Å². The van der Waals surface area contributed by atoms with Gasteiger partial charge in [-0.1, -0.05) is 32.9 Å². The van der Waals surface area contributed by atoms with Crippen molar-refractivity contribution in [1.82, 2.24) is 10.2 Å². The molecule has 2 amide bonds. The van der Waals surface area contributed by atoms with E-state index in [0.717, 1.165) is 17.1 Å². The van der Waals surface area contributed by atoms with E-state index in [9.17, 15) is 9.59 Å². The number of methoxy groups -OCH3 is 1. The third-order valence-corrected chi connectivity index (χ3v) is 5.09. The average molecular weight is 384 g/mol. The summed E-state index contributed by atoms with van der Waals surface area (Å²) >= 11 is 0. The Bertz CT molecular complexity index is 823. The molecule has 1 N–H and O–H groups in total. The second-order valence-corrected chi connectivity index (χ2v) is 8.34. The van der Waals surface area contributed by atoms with Crippen LogP contribution < -0.4 is 10.1 Å². The number of ether oxygens (including phenoxy) is 1. The smallest absolute Gasteiger partial charge is 0.225 e. The van der Waals surface area contributed by atoms with E-state index in [1.165, 1.54) is 0 Å². The number of hydrogen-bond donors (Lipinski definition) is 1. The summed E-state index contributed by atoms with van der Waals surface area (Å²) in [5, 5.41) is 3.17. The van der Waals surface area contributed by atoms with E-state index in [4.69, 9.17) is 9.15 Å². The third kappa shape index (κ3) is 4.55. The van der Waals surface area contributed by atoms with Crippen LogP contribution in [0.15, 0.2) is 47.1 Å². The Morgan fingerprint density at radius 3 is 2.75 bits per heavy atom. The highest BCUT2D eigenvalue weighted by Crippen LogP contribution is 2.35. The number of carbonyl (C=O) groups is 2. The molecule has 0 bridgehead atoms. The third-order valence-electron chi connectivity index (χ3n) is 5.09. The molecule has 0 spiro atoms. The second-order valence-electron chi connectivity index (χ2n) is 8.34. The fourth-order valence-corrected chi connectivity index (χ4v) is 3.57. The van der Waals surface area contributed by atoms with Crippen LogP contribution in [0, 0.1) is 11.3 Å². The van der Waals surface area contributed by atoms with Gasteiger partial charge in [-0.15, -0.1) is 0 Å². The molecule has 1 aliphatic heterocycles. The molecule has 2 heterocycles. The van der Waals surface area contributed by atoms with Gasteiger partial charge in [0.15, 0.2) is 0 Å². The largest absolute Gasteiger partial charge is 0.497 e.